The molecule has 0 saturated carbocycles. The second kappa shape index (κ2) is 23.9. The molecule has 0 bridgehead atoms. The molecule has 0 heterocycles. The number of hydrogen-bond donors (Lipinski definition) is 2. The lowest BCUT2D eigenvalue weighted by Crippen LogP contribution is -2.24. The number of aromatic carboxylic acids is 1. The van der Waals surface area contributed by atoms with Gasteiger partial charge < -0.3 is 24.4 Å². The van der Waals surface area contributed by atoms with Crippen molar-refractivity contribution in [3.05, 3.63) is 94.5 Å². The van der Waals surface area contributed by atoms with Crippen LogP contribution in [-0.4, -0.2) is 42.3 Å². The molecule has 3 atom stereocenters. The molecule has 0 aromatic heterocycles. The topological polar surface area (TPSA) is 119 Å². The Balaban J connectivity index is 0.000000735. The molecule has 8 heteroatoms. The van der Waals surface area contributed by atoms with Crippen LogP contribution in [0.4, 0.5) is 0 Å². The maximum atomic E-state index is 11.1. The number of methoxy groups -OCH3 is 2. The van der Waals surface area contributed by atoms with E-state index in [4.69, 9.17) is 9.84 Å². The molecule has 0 aliphatic rings. The minimum Gasteiger partial charge on any atom is -0.507 e. The zero-order valence-corrected chi connectivity index (χ0v) is 32.5. The summed E-state index contributed by atoms with van der Waals surface area (Å²) in [4.78, 5) is 32.5. The van der Waals surface area contributed by atoms with Crippen LogP contribution in [0.2, 0.25) is 0 Å². The number of carbonyl (C=O) groups excluding carboxylic acids is 2. The van der Waals surface area contributed by atoms with Gasteiger partial charge in [-0.3, -0.25) is 9.59 Å². The third-order valence-electron chi connectivity index (χ3n) is 8.89. The fourth-order valence-corrected chi connectivity index (χ4v) is 4.14. The highest BCUT2D eigenvalue weighted by Crippen LogP contribution is 2.28. The van der Waals surface area contributed by atoms with E-state index in [-0.39, 0.29) is 34.6 Å². The number of ether oxygens (including phenoxy) is 3. The van der Waals surface area contributed by atoms with Gasteiger partial charge in [-0.15, -0.1) is 0 Å². The molecule has 3 unspecified atom stereocenters. The van der Waals surface area contributed by atoms with Gasteiger partial charge >= 0.3 is 17.9 Å². The lowest BCUT2D eigenvalue weighted by molar-refractivity contribution is -0.150. The fourth-order valence-electron chi connectivity index (χ4n) is 4.14. The van der Waals surface area contributed by atoms with E-state index in [9.17, 15) is 19.5 Å². The highest BCUT2D eigenvalue weighted by atomic mass is 16.5. The molecule has 2 N–H and O–H groups in total. The number of aromatic hydroxyl groups is 1. The van der Waals surface area contributed by atoms with E-state index < -0.39 is 5.97 Å². The van der Waals surface area contributed by atoms with Crippen molar-refractivity contribution in [2.24, 2.45) is 11.3 Å². The third kappa shape index (κ3) is 16.4. The Morgan fingerprint density at radius 2 is 1.28 bits per heavy atom. The molecule has 3 aromatic rings. The first kappa shape index (κ1) is 45.7. The summed E-state index contributed by atoms with van der Waals surface area (Å²) < 4.78 is 14.7. The van der Waals surface area contributed by atoms with Crippen LogP contribution in [0, 0.1) is 18.3 Å². The first-order valence-electron chi connectivity index (χ1n) is 17.5. The van der Waals surface area contributed by atoms with E-state index in [0.29, 0.717) is 29.8 Å². The molecule has 0 aliphatic carbocycles. The molecule has 0 fully saturated rings. The quantitative estimate of drug-likeness (QED) is 0.180. The minimum absolute atomic E-state index is 0.0556. The molecule has 0 radical (unpaired) electrons. The van der Waals surface area contributed by atoms with Gasteiger partial charge in [0.1, 0.15) is 23.7 Å². The summed E-state index contributed by atoms with van der Waals surface area (Å²) in [6.07, 6.45) is 4.00. The molecule has 50 heavy (non-hydrogen) atoms. The first-order valence-corrected chi connectivity index (χ1v) is 17.5. The van der Waals surface area contributed by atoms with Gasteiger partial charge in [0, 0.05) is 0 Å². The molecular weight excluding hydrogens is 632 g/mol. The van der Waals surface area contributed by atoms with Gasteiger partial charge in [0.15, 0.2) is 0 Å². The van der Waals surface area contributed by atoms with Crippen LogP contribution >= 0.6 is 0 Å². The van der Waals surface area contributed by atoms with Crippen LogP contribution in [0.15, 0.2) is 66.7 Å². The zero-order valence-electron chi connectivity index (χ0n) is 32.5. The van der Waals surface area contributed by atoms with Gasteiger partial charge in [-0.05, 0) is 92.7 Å². The Hall–Kier alpha value is -4.33. The second-order valence-electron chi connectivity index (χ2n) is 13.1. The van der Waals surface area contributed by atoms with Crippen molar-refractivity contribution in [2.75, 3.05) is 14.2 Å². The molecule has 0 aliphatic heterocycles. The summed E-state index contributed by atoms with van der Waals surface area (Å²) >= 11 is 0. The average molecular weight is 695 g/mol. The van der Waals surface area contributed by atoms with Crippen LogP contribution in [0.1, 0.15) is 132 Å². The molecule has 3 aromatic carbocycles. The maximum absolute atomic E-state index is 11.1. The zero-order chi connectivity index (χ0) is 38.4. The predicted molar refractivity (Wildman–Crippen MR) is 202 cm³/mol. The lowest BCUT2D eigenvalue weighted by atomic mass is 9.91. The standard InChI is InChI=1S/C19H22O4.C10H14.C7H14O2.C6H12O2/c1-4-12(2)15-7-5-14(6-8-15)11-23-16-9-13(3)18(20)17(10-16)19(21)22;1-3-9(2)10-7-5-4-6-8-10;1-5-7(2,3)6(8)9-4;1-4-5(2)6(7)8-3/h5-10,12,20H,4,11H2,1-3H3,(H,21,22);4-9H,3H2,1-2H3;5H2,1-4H3;5H,4H2,1-3H3. The van der Waals surface area contributed by atoms with Crippen LogP contribution in [-0.2, 0) is 25.7 Å². The summed E-state index contributed by atoms with van der Waals surface area (Å²) in [5.41, 5.74) is 3.78. The third-order valence-corrected chi connectivity index (χ3v) is 8.89. The van der Waals surface area contributed by atoms with E-state index in [0.717, 1.165) is 24.8 Å². The van der Waals surface area contributed by atoms with Crippen LogP contribution in [0.3, 0.4) is 0 Å². The molecule has 278 valence electrons. The summed E-state index contributed by atoms with van der Waals surface area (Å²) in [6.45, 7) is 20.4. The maximum Gasteiger partial charge on any atom is 0.339 e. The minimum atomic E-state index is -1.17. The number of rotatable bonds is 12. The van der Waals surface area contributed by atoms with Crippen LogP contribution in [0.25, 0.3) is 0 Å². The Morgan fingerprint density at radius 1 is 0.760 bits per heavy atom. The highest BCUT2D eigenvalue weighted by Gasteiger charge is 2.25. The van der Waals surface area contributed by atoms with Crippen molar-refractivity contribution >= 4 is 17.9 Å². The van der Waals surface area contributed by atoms with E-state index in [2.05, 4.69) is 79.6 Å². The van der Waals surface area contributed by atoms with Crippen molar-refractivity contribution in [1.29, 1.82) is 0 Å². The normalized spacial score (nSPS) is 12.2. The number of aryl methyl sites for hydroxylation is 1. The van der Waals surface area contributed by atoms with Crippen molar-refractivity contribution in [3.8, 4) is 11.5 Å². The Morgan fingerprint density at radius 3 is 1.66 bits per heavy atom. The number of carboxylic acid groups (broad SMARTS) is 1. The summed E-state index contributed by atoms with van der Waals surface area (Å²) in [5, 5.41) is 18.8. The Kier molecular flexibility index (Phi) is 21.9. The molecular formula is C42H62O8. The molecule has 3 rings (SSSR count). The first-order chi connectivity index (χ1) is 23.5. The van der Waals surface area contributed by atoms with Gasteiger partial charge in [0.25, 0.3) is 0 Å². The van der Waals surface area contributed by atoms with Crippen molar-refractivity contribution in [3.63, 3.8) is 0 Å². The smallest absolute Gasteiger partial charge is 0.339 e. The Bertz CT molecular complexity index is 1410. The lowest BCUT2D eigenvalue weighted by Gasteiger charge is -2.17. The number of benzene rings is 3. The highest BCUT2D eigenvalue weighted by molar-refractivity contribution is 5.91. The van der Waals surface area contributed by atoms with Gasteiger partial charge in [-0.25, -0.2) is 4.79 Å². The monoisotopic (exact) mass is 694 g/mol. The van der Waals surface area contributed by atoms with Crippen molar-refractivity contribution in [2.45, 2.75) is 113 Å². The van der Waals surface area contributed by atoms with Crippen LogP contribution < -0.4 is 4.74 Å². The van der Waals surface area contributed by atoms with Gasteiger partial charge in [0.05, 0.1) is 25.6 Å². The molecule has 0 spiro atoms. The number of esters is 2. The predicted octanol–water partition coefficient (Wildman–Crippen LogP) is 10.5. The fraction of sp³-hybridized carbons (Fsp3) is 0.500. The van der Waals surface area contributed by atoms with Crippen LogP contribution in [0.5, 0.6) is 11.5 Å². The van der Waals surface area contributed by atoms with Crippen molar-refractivity contribution in [1.82, 2.24) is 0 Å². The second-order valence-corrected chi connectivity index (χ2v) is 13.1. The SMILES string of the molecule is CCC(C)(C)C(=O)OC.CCC(C)C(=O)OC.CCC(C)c1ccc(COc2cc(C)c(O)c(C(=O)O)c2)cc1.CCC(C)c1ccccc1. The average Bonchev–Trinajstić information content (AvgIpc) is 3.14. The van der Waals surface area contributed by atoms with E-state index >= 15 is 0 Å². The summed E-state index contributed by atoms with van der Waals surface area (Å²) in [5.74, 6) is 0.0851. The number of phenols is 1. The summed E-state index contributed by atoms with van der Waals surface area (Å²) in [6, 6.07) is 21.8. The largest absolute Gasteiger partial charge is 0.507 e. The van der Waals surface area contributed by atoms with Gasteiger partial charge in [0.2, 0.25) is 0 Å². The van der Waals surface area contributed by atoms with Gasteiger partial charge in [-0.2, -0.15) is 0 Å². The molecule has 8 nitrogen and oxygen atoms in total. The number of hydrogen-bond acceptors (Lipinski definition) is 7. The number of carbonyl (C=O) groups is 3. The van der Waals surface area contributed by atoms with E-state index in [1.54, 1.807) is 13.0 Å². The molecule has 0 saturated heterocycles. The summed E-state index contributed by atoms with van der Waals surface area (Å²) in [7, 11) is 2.83. The molecule has 0 amide bonds. The number of carboxylic acids is 1. The van der Waals surface area contributed by atoms with Crippen molar-refractivity contribution < 1.29 is 38.8 Å². The van der Waals surface area contributed by atoms with E-state index in [1.807, 2.05) is 46.8 Å². The van der Waals surface area contributed by atoms with E-state index in [1.165, 1.54) is 37.8 Å². The Labute approximate surface area is 301 Å². The van der Waals surface area contributed by atoms with Gasteiger partial charge in [-0.1, -0.05) is 103 Å².